The first-order chi connectivity index (χ1) is 14.2. The van der Waals surface area contributed by atoms with Crippen LogP contribution in [0.3, 0.4) is 0 Å². The Labute approximate surface area is 165 Å². The first kappa shape index (κ1) is 18.3. The summed E-state index contributed by atoms with van der Waals surface area (Å²) in [5.41, 5.74) is 1.85. The van der Waals surface area contributed by atoms with Gasteiger partial charge in [0.15, 0.2) is 6.61 Å². The maximum absolute atomic E-state index is 12.9. The molecule has 1 N–H and O–H groups in total. The zero-order valence-corrected chi connectivity index (χ0v) is 15.1. The minimum atomic E-state index is -0.379. The largest absolute Gasteiger partial charge is 0.484 e. The van der Waals surface area contributed by atoms with Gasteiger partial charge in [0.2, 0.25) is 5.82 Å². The van der Waals surface area contributed by atoms with Gasteiger partial charge in [-0.05, 0) is 48.5 Å². The molecule has 0 saturated heterocycles. The zero-order valence-electron chi connectivity index (χ0n) is 15.1. The molecule has 7 nitrogen and oxygen atoms in total. The summed E-state index contributed by atoms with van der Waals surface area (Å²) in [6, 6.07) is 16.0. The van der Waals surface area contributed by atoms with Crippen molar-refractivity contribution in [1.82, 2.24) is 15.1 Å². The molecule has 0 aliphatic rings. The average Bonchev–Trinajstić information content (AvgIpc) is 3.24. The highest BCUT2D eigenvalue weighted by molar-refractivity contribution is 5.95. The number of hydrogen-bond donors (Lipinski definition) is 1. The van der Waals surface area contributed by atoms with E-state index in [2.05, 4.69) is 20.4 Å². The fourth-order valence-corrected chi connectivity index (χ4v) is 2.60. The van der Waals surface area contributed by atoms with Crippen LogP contribution in [0.1, 0.15) is 0 Å². The topological polar surface area (TPSA) is 90.1 Å². The summed E-state index contributed by atoms with van der Waals surface area (Å²) in [6.45, 7) is -0.230. The van der Waals surface area contributed by atoms with E-state index in [0.29, 0.717) is 22.8 Å². The number of rotatable bonds is 6. The van der Waals surface area contributed by atoms with Crippen LogP contribution >= 0.6 is 0 Å². The fraction of sp³-hybridized carbons (Fsp3) is 0.0476. The third kappa shape index (κ3) is 4.44. The summed E-state index contributed by atoms with van der Waals surface area (Å²) in [5.74, 6) is 0.334. The van der Waals surface area contributed by atoms with Gasteiger partial charge < -0.3 is 14.6 Å². The fourth-order valence-electron chi connectivity index (χ4n) is 2.60. The first-order valence-corrected chi connectivity index (χ1v) is 8.71. The number of carbonyl (C=O) groups is 1. The number of ether oxygens (including phenoxy) is 1. The molecule has 29 heavy (non-hydrogen) atoms. The summed E-state index contributed by atoms with van der Waals surface area (Å²) < 4.78 is 23.7. The van der Waals surface area contributed by atoms with Gasteiger partial charge in [-0.1, -0.05) is 17.3 Å². The number of nitrogens with zero attached hydrogens (tertiary/aromatic N) is 3. The van der Waals surface area contributed by atoms with Gasteiger partial charge in [-0.2, -0.15) is 4.98 Å². The van der Waals surface area contributed by atoms with Crippen molar-refractivity contribution < 1.29 is 18.4 Å². The normalized spacial score (nSPS) is 10.5. The summed E-state index contributed by atoms with van der Waals surface area (Å²) in [5, 5.41) is 6.75. The van der Waals surface area contributed by atoms with Crippen molar-refractivity contribution in [2.24, 2.45) is 0 Å². The van der Waals surface area contributed by atoms with E-state index in [1.807, 2.05) is 0 Å². The monoisotopic (exact) mass is 390 g/mol. The second-order valence-electron chi connectivity index (χ2n) is 6.00. The van der Waals surface area contributed by atoms with Crippen LogP contribution in [0.25, 0.3) is 22.8 Å². The molecule has 8 heteroatoms. The molecule has 0 atom stereocenters. The molecule has 2 heterocycles. The highest BCUT2D eigenvalue weighted by atomic mass is 19.1. The van der Waals surface area contributed by atoms with E-state index in [0.717, 1.165) is 5.56 Å². The molecule has 0 radical (unpaired) electrons. The van der Waals surface area contributed by atoms with E-state index in [4.69, 9.17) is 9.26 Å². The van der Waals surface area contributed by atoms with Crippen molar-refractivity contribution in [2.75, 3.05) is 11.9 Å². The number of anilines is 1. The molecular formula is C21H15FN4O3. The Morgan fingerprint density at radius 2 is 1.79 bits per heavy atom. The lowest BCUT2D eigenvalue weighted by Crippen LogP contribution is -2.20. The minimum absolute atomic E-state index is 0.230. The molecule has 0 saturated carbocycles. The zero-order chi connectivity index (χ0) is 20.1. The molecule has 2 aromatic carbocycles. The molecule has 4 rings (SSSR count). The van der Waals surface area contributed by atoms with Gasteiger partial charge in [0.05, 0.1) is 11.3 Å². The molecule has 0 aliphatic carbocycles. The van der Waals surface area contributed by atoms with Crippen LogP contribution in [-0.2, 0) is 4.79 Å². The van der Waals surface area contributed by atoms with Gasteiger partial charge in [0.25, 0.3) is 11.8 Å². The van der Waals surface area contributed by atoms with E-state index in [1.165, 1.54) is 24.3 Å². The standard InChI is InChI=1S/C21H15FN4O3/c22-15-5-7-16(8-6-15)28-13-19(27)24-18-4-2-1-3-17(18)21-25-20(26-29-21)14-9-11-23-12-10-14/h1-12H,13H2,(H,24,27). The number of pyridine rings is 1. The van der Waals surface area contributed by atoms with E-state index >= 15 is 0 Å². The molecule has 0 aliphatic heterocycles. The highest BCUT2D eigenvalue weighted by Crippen LogP contribution is 2.28. The van der Waals surface area contributed by atoms with Gasteiger partial charge in [-0.3, -0.25) is 9.78 Å². The number of amides is 1. The third-order valence-electron chi connectivity index (χ3n) is 3.98. The lowest BCUT2D eigenvalue weighted by Gasteiger charge is -2.09. The number of nitrogens with one attached hydrogen (secondary N) is 1. The molecule has 0 spiro atoms. The second kappa shape index (κ2) is 8.30. The maximum atomic E-state index is 12.9. The maximum Gasteiger partial charge on any atom is 0.262 e. The number of para-hydroxylation sites is 1. The van der Waals surface area contributed by atoms with Crippen molar-refractivity contribution in [2.45, 2.75) is 0 Å². The van der Waals surface area contributed by atoms with Crippen molar-refractivity contribution >= 4 is 11.6 Å². The number of aromatic nitrogens is 3. The van der Waals surface area contributed by atoms with E-state index in [9.17, 15) is 9.18 Å². The molecule has 144 valence electrons. The van der Waals surface area contributed by atoms with Gasteiger partial charge >= 0.3 is 0 Å². The first-order valence-electron chi connectivity index (χ1n) is 8.71. The molecule has 4 aromatic rings. The van der Waals surface area contributed by atoms with Crippen molar-refractivity contribution in [3.63, 3.8) is 0 Å². The predicted molar refractivity (Wildman–Crippen MR) is 103 cm³/mol. The van der Waals surface area contributed by atoms with Crippen molar-refractivity contribution in [1.29, 1.82) is 0 Å². The van der Waals surface area contributed by atoms with Crippen LogP contribution in [0.15, 0.2) is 77.6 Å². The van der Waals surface area contributed by atoms with Crippen LogP contribution in [0, 0.1) is 5.82 Å². The van der Waals surface area contributed by atoms with E-state index in [1.54, 1.807) is 48.8 Å². The molecule has 2 aromatic heterocycles. The number of carbonyl (C=O) groups excluding carboxylic acids is 1. The van der Waals surface area contributed by atoms with Crippen molar-refractivity contribution in [3.05, 3.63) is 78.9 Å². The molecular weight excluding hydrogens is 375 g/mol. The number of hydrogen-bond acceptors (Lipinski definition) is 6. The highest BCUT2D eigenvalue weighted by Gasteiger charge is 2.15. The SMILES string of the molecule is O=C(COc1ccc(F)cc1)Nc1ccccc1-c1nc(-c2ccncc2)no1. The number of halogens is 1. The predicted octanol–water partition coefficient (Wildman–Crippen LogP) is 3.96. The Morgan fingerprint density at radius 3 is 2.59 bits per heavy atom. The van der Waals surface area contributed by atoms with Gasteiger partial charge in [-0.15, -0.1) is 0 Å². The van der Waals surface area contributed by atoms with E-state index < -0.39 is 0 Å². The van der Waals surface area contributed by atoms with E-state index in [-0.39, 0.29) is 24.2 Å². The van der Waals surface area contributed by atoms with Gasteiger partial charge in [-0.25, -0.2) is 4.39 Å². The number of benzene rings is 2. The van der Waals surface area contributed by atoms with Crippen LogP contribution < -0.4 is 10.1 Å². The second-order valence-corrected chi connectivity index (χ2v) is 6.00. The van der Waals surface area contributed by atoms with Gasteiger partial charge in [0, 0.05) is 18.0 Å². The van der Waals surface area contributed by atoms with Crippen LogP contribution in [-0.4, -0.2) is 27.6 Å². The molecule has 1 amide bonds. The Balaban J connectivity index is 1.48. The molecule has 0 fully saturated rings. The Kier molecular flexibility index (Phi) is 5.24. The van der Waals surface area contributed by atoms with Crippen LogP contribution in [0.5, 0.6) is 5.75 Å². The quantitative estimate of drug-likeness (QED) is 0.536. The lowest BCUT2D eigenvalue weighted by molar-refractivity contribution is -0.118. The lowest BCUT2D eigenvalue weighted by atomic mass is 10.1. The van der Waals surface area contributed by atoms with Crippen LogP contribution in [0.2, 0.25) is 0 Å². The van der Waals surface area contributed by atoms with Crippen molar-refractivity contribution in [3.8, 4) is 28.6 Å². The minimum Gasteiger partial charge on any atom is -0.484 e. The summed E-state index contributed by atoms with van der Waals surface area (Å²) in [6.07, 6.45) is 3.28. The summed E-state index contributed by atoms with van der Waals surface area (Å²) in [7, 11) is 0. The summed E-state index contributed by atoms with van der Waals surface area (Å²) in [4.78, 5) is 20.6. The average molecular weight is 390 g/mol. The third-order valence-corrected chi connectivity index (χ3v) is 3.98. The Hall–Kier alpha value is -4.07. The Morgan fingerprint density at radius 1 is 1.03 bits per heavy atom. The van der Waals surface area contributed by atoms with Gasteiger partial charge in [0.1, 0.15) is 11.6 Å². The summed E-state index contributed by atoms with van der Waals surface area (Å²) >= 11 is 0. The molecule has 0 unspecified atom stereocenters. The van der Waals surface area contributed by atoms with Crippen LogP contribution in [0.4, 0.5) is 10.1 Å². The molecule has 0 bridgehead atoms. The Bertz CT molecular complexity index is 1110. The smallest absolute Gasteiger partial charge is 0.262 e.